The van der Waals surface area contributed by atoms with Crippen LogP contribution in [0, 0.1) is 23.2 Å². The standard InChI is InChI=1S/C19H29N/c1-18(2,3)16-4-5-17(9-16)20-19-10-13-6-14(11-19)8-15(7-13)12-19/h4-5,9,13-15,17,20H,6-8,10-12H2,1-3H3. The molecule has 5 aliphatic carbocycles. The molecular formula is C19H29N. The number of nitrogens with one attached hydrogen (secondary N) is 1. The van der Waals surface area contributed by atoms with Crippen LogP contribution in [0.1, 0.15) is 59.3 Å². The molecule has 0 aromatic heterocycles. The minimum Gasteiger partial charge on any atom is -0.302 e. The smallest absolute Gasteiger partial charge is 0.0448 e. The van der Waals surface area contributed by atoms with Crippen molar-refractivity contribution in [2.75, 3.05) is 0 Å². The summed E-state index contributed by atoms with van der Waals surface area (Å²) in [5.41, 5.74) is 2.27. The van der Waals surface area contributed by atoms with E-state index in [0.717, 1.165) is 17.8 Å². The van der Waals surface area contributed by atoms with Crippen LogP contribution in [0.4, 0.5) is 0 Å². The minimum atomic E-state index is 0.286. The zero-order valence-corrected chi connectivity index (χ0v) is 13.3. The van der Waals surface area contributed by atoms with E-state index in [2.05, 4.69) is 44.3 Å². The molecule has 5 rings (SSSR count). The van der Waals surface area contributed by atoms with Crippen LogP contribution in [-0.2, 0) is 0 Å². The normalized spacial score (nSPS) is 46.0. The first-order valence-electron chi connectivity index (χ1n) is 8.60. The van der Waals surface area contributed by atoms with Crippen molar-refractivity contribution < 1.29 is 0 Å². The monoisotopic (exact) mass is 271 g/mol. The van der Waals surface area contributed by atoms with Gasteiger partial charge in [0, 0.05) is 11.6 Å². The SMILES string of the molecule is CC(C)(C)C1=CC(NC23CC4CC(CC(C4)C2)C3)C=C1. The van der Waals surface area contributed by atoms with Crippen LogP contribution in [0.2, 0.25) is 0 Å². The molecule has 0 aromatic rings. The van der Waals surface area contributed by atoms with Gasteiger partial charge in [0.25, 0.3) is 0 Å². The van der Waals surface area contributed by atoms with Crippen molar-refractivity contribution in [3.05, 3.63) is 23.8 Å². The first-order valence-corrected chi connectivity index (χ1v) is 8.60. The summed E-state index contributed by atoms with van der Waals surface area (Å²) in [5, 5.41) is 4.06. The Bertz CT molecular complexity index is 427. The molecule has 20 heavy (non-hydrogen) atoms. The van der Waals surface area contributed by atoms with Gasteiger partial charge in [0.05, 0.1) is 0 Å². The van der Waals surface area contributed by atoms with E-state index in [9.17, 15) is 0 Å². The summed E-state index contributed by atoms with van der Waals surface area (Å²) in [6, 6.07) is 0.487. The summed E-state index contributed by atoms with van der Waals surface area (Å²) in [7, 11) is 0. The third-order valence-corrected chi connectivity index (χ3v) is 6.22. The van der Waals surface area contributed by atoms with Crippen LogP contribution in [0.3, 0.4) is 0 Å². The molecule has 1 heteroatoms. The second kappa shape index (κ2) is 4.22. The average molecular weight is 271 g/mol. The third kappa shape index (κ3) is 2.19. The summed E-state index contributed by atoms with van der Waals surface area (Å²) in [5.74, 6) is 3.10. The lowest BCUT2D eigenvalue weighted by molar-refractivity contribution is -0.0208. The van der Waals surface area contributed by atoms with Crippen molar-refractivity contribution >= 4 is 0 Å². The number of hydrogen-bond donors (Lipinski definition) is 1. The van der Waals surface area contributed by atoms with Crippen LogP contribution in [0.15, 0.2) is 23.8 Å². The van der Waals surface area contributed by atoms with E-state index in [1.165, 1.54) is 44.1 Å². The molecule has 0 amide bonds. The van der Waals surface area contributed by atoms with Crippen LogP contribution < -0.4 is 5.32 Å². The largest absolute Gasteiger partial charge is 0.302 e. The lowest BCUT2D eigenvalue weighted by Gasteiger charge is -2.57. The summed E-state index contributed by atoms with van der Waals surface area (Å²) in [4.78, 5) is 0. The maximum Gasteiger partial charge on any atom is 0.0448 e. The fourth-order valence-electron chi connectivity index (χ4n) is 5.74. The van der Waals surface area contributed by atoms with Gasteiger partial charge >= 0.3 is 0 Å². The maximum atomic E-state index is 4.06. The van der Waals surface area contributed by atoms with Gasteiger partial charge in [0.15, 0.2) is 0 Å². The van der Waals surface area contributed by atoms with Gasteiger partial charge in [0.1, 0.15) is 0 Å². The number of hydrogen-bond acceptors (Lipinski definition) is 1. The first-order chi connectivity index (χ1) is 9.42. The van der Waals surface area contributed by atoms with Gasteiger partial charge in [-0.2, -0.15) is 0 Å². The quantitative estimate of drug-likeness (QED) is 0.782. The lowest BCUT2D eigenvalue weighted by Crippen LogP contribution is -2.60. The molecule has 0 aliphatic heterocycles. The highest BCUT2D eigenvalue weighted by molar-refractivity contribution is 5.36. The number of allylic oxidation sites excluding steroid dienone is 2. The van der Waals surface area contributed by atoms with E-state index in [1.54, 1.807) is 0 Å². The Morgan fingerprint density at radius 1 is 1.00 bits per heavy atom. The molecule has 1 nitrogen and oxygen atoms in total. The predicted octanol–water partition coefficient (Wildman–Crippen LogP) is 4.46. The van der Waals surface area contributed by atoms with Crippen LogP contribution in [-0.4, -0.2) is 11.6 Å². The van der Waals surface area contributed by atoms with E-state index in [4.69, 9.17) is 0 Å². The van der Waals surface area contributed by atoms with Crippen molar-refractivity contribution in [3.8, 4) is 0 Å². The molecule has 0 radical (unpaired) electrons. The van der Waals surface area contributed by atoms with Crippen LogP contribution in [0.25, 0.3) is 0 Å². The predicted molar refractivity (Wildman–Crippen MR) is 84.5 cm³/mol. The van der Waals surface area contributed by atoms with Gasteiger partial charge < -0.3 is 5.32 Å². The molecule has 1 N–H and O–H groups in total. The topological polar surface area (TPSA) is 12.0 Å². The zero-order valence-electron chi connectivity index (χ0n) is 13.3. The first kappa shape index (κ1) is 13.1. The molecule has 4 fully saturated rings. The summed E-state index contributed by atoms with van der Waals surface area (Å²) < 4.78 is 0. The molecule has 4 bridgehead atoms. The fourth-order valence-corrected chi connectivity index (χ4v) is 5.74. The van der Waals surface area contributed by atoms with Crippen molar-refractivity contribution in [2.24, 2.45) is 23.2 Å². The van der Waals surface area contributed by atoms with E-state index >= 15 is 0 Å². The van der Waals surface area contributed by atoms with Gasteiger partial charge in [-0.3, -0.25) is 0 Å². The van der Waals surface area contributed by atoms with Gasteiger partial charge in [-0.05, 0) is 67.3 Å². The lowest BCUT2D eigenvalue weighted by atomic mass is 9.53. The van der Waals surface area contributed by atoms with Crippen LogP contribution in [0.5, 0.6) is 0 Å². The molecule has 1 atom stereocenters. The molecule has 0 aromatic carbocycles. The molecule has 0 spiro atoms. The van der Waals surface area contributed by atoms with Crippen molar-refractivity contribution in [3.63, 3.8) is 0 Å². The van der Waals surface area contributed by atoms with Gasteiger partial charge in [-0.1, -0.05) is 39.0 Å². The summed E-state index contributed by atoms with van der Waals surface area (Å²) >= 11 is 0. The highest BCUT2D eigenvalue weighted by atomic mass is 15.0. The van der Waals surface area contributed by atoms with E-state index in [0.29, 0.717) is 11.6 Å². The Kier molecular flexibility index (Phi) is 2.77. The molecule has 110 valence electrons. The molecule has 0 saturated heterocycles. The number of rotatable bonds is 2. The van der Waals surface area contributed by atoms with E-state index in [-0.39, 0.29) is 5.41 Å². The second-order valence-electron chi connectivity index (χ2n) is 9.10. The van der Waals surface area contributed by atoms with Gasteiger partial charge in [0.2, 0.25) is 0 Å². The average Bonchev–Trinajstić information content (AvgIpc) is 2.74. The fraction of sp³-hybridized carbons (Fsp3) is 0.789. The van der Waals surface area contributed by atoms with E-state index < -0.39 is 0 Å². The Balaban J connectivity index is 1.50. The molecule has 1 unspecified atom stereocenters. The highest BCUT2D eigenvalue weighted by Crippen LogP contribution is 2.55. The third-order valence-electron chi connectivity index (χ3n) is 6.22. The van der Waals surface area contributed by atoms with Crippen molar-refractivity contribution in [1.29, 1.82) is 0 Å². The van der Waals surface area contributed by atoms with Gasteiger partial charge in [-0.25, -0.2) is 0 Å². The van der Waals surface area contributed by atoms with Crippen LogP contribution >= 0.6 is 0 Å². The highest BCUT2D eigenvalue weighted by Gasteiger charge is 2.51. The Hall–Kier alpha value is -0.560. The Labute approximate surface area is 123 Å². The van der Waals surface area contributed by atoms with Crippen molar-refractivity contribution in [1.82, 2.24) is 5.32 Å². The Morgan fingerprint density at radius 2 is 1.55 bits per heavy atom. The molecule has 5 aliphatic rings. The van der Waals surface area contributed by atoms with E-state index in [1.807, 2.05) is 0 Å². The zero-order chi connectivity index (χ0) is 14.0. The minimum absolute atomic E-state index is 0.286. The molecule has 0 heterocycles. The molecule has 4 saturated carbocycles. The second-order valence-corrected chi connectivity index (χ2v) is 9.10. The maximum absolute atomic E-state index is 4.06. The summed E-state index contributed by atoms with van der Waals surface area (Å²) in [6.45, 7) is 6.95. The summed E-state index contributed by atoms with van der Waals surface area (Å²) in [6.07, 6.45) is 16.1. The van der Waals surface area contributed by atoms with Gasteiger partial charge in [-0.15, -0.1) is 0 Å². The van der Waals surface area contributed by atoms with Crippen molar-refractivity contribution in [2.45, 2.75) is 70.9 Å². The molecular weight excluding hydrogens is 242 g/mol. The Morgan fingerprint density at radius 3 is 2.00 bits per heavy atom.